The zero-order valence-corrected chi connectivity index (χ0v) is 16.2. The molecular weight excluding hydrogens is 384 g/mol. The van der Waals surface area contributed by atoms with Crippen molar-refractivity contribution in [1.82, 2.24) is 20.0 Å². The number of carbonyl (C=O) groups is 2. The van der Waals surface area contributed by atoms with E-state index in [0.29, 0.717) is 16.7 Å². The lowest BCUT2D eigenvalue weighted by Gasteiger charge is -2.35. The molecule has 25 heavy (non-hydrogen) atoms. The summed E-state index contributed by atoms with van der Waals surface area (Å²) in [6.07, 6.45) is 1.90. The molecule has 0 radical (unpaired) electrons. The van der Waals surface area contributed by atoms with Crippen molar-refractivity contribution in [2.75, 3.05) is 53.4 Å². The highest BCUT2D eigenvalue weighted by Gasteiger charge is 2.28. The van der Waals surface area contributed by atoms with Gasteiger partial charge in [0.2, 0.25) is 0 Å². The first-order chi connectivity index (χ1) is 11.9. The molecule has 0 saturated carbocycles. The van der Waals surface area contributed by atoms with Crippen LogP contribution in [-0.2, 0) is 4.79 Å². The van der Waals surface area contributed by atoms with Crippen LogP contribution in [0.25, 0.3) is 5.57 Å². The van der Waals surface area contributed by atoms with Crippen molar-refractivity contribution >= 4 is 33.3 Å². The normalized spacial score (nSPS) is 20.2. The summed E-state index contributed by atoms with van der Waals surface area (Å²) in [4.78, 5) is 31.1. The highest BCUT2D eigenvalue weighted by molar-refractivity contribution is 9.10. The summed E-state index contributed by atoms with van der Waals surface area (Å²) in [5, 5.41) is 2.43. The van der Waals surface area contributed by atoms with Gasteiger partial charge in [0.25, 0.3) is 11.8 Å². The maximum Gasteiger partial charge on any atom is 0.260 e. The average Bonchev–Trinajstić information content (AvgIpc) is 2.57. The Bertz CT molecular complexity index is 709. The number of likely N-dealkylation sites (N-methyl/N-ethyl adjacent to an activating group) is 1. The van der Waals surface area contributed by atoms with Gasteiger partial charge in [0.05, 0.1) is 5.57 Å². The number of amides is 2. The number of hydrogen-bond donors (Lipinski definition) is 1. The van der Waals surface area contributed by atoms with Gasteiger partial charge < -0.3 is 9.80 Å². The predicted octanol–water partition coefficient (Wildman–Crippen LogP) is 1.24. The zero-order valence-electron chi connectivity index (χ0n) is 14.6. The summed E-state index contributed by atoms with van der Waals surface area (Å²) < 4.78 is 0.855. The van der Waals surface area contributed by atoms with Gasteiger partial charge in [-0.15, -0.1) is 0 Å². The fourth-order valence-corrected chi connectivity index (χ4v) is 3.43. The fourth-order valence-electron chi connectivity index (χ4n) is 3.07. The van der Waals surface area contributed by atoms with E-state index in [0.717, 1.165) is 43.7 Å². The van der Waals surface area contributed by atoms with Crippen LogP contribution in [0.2, 0.25) is 0 Å². The molecule has 1 aromatic rings. The monoisotopic (exact) mass is 406 g/mol. The molecule has 7 heteroatoms. The van der Waals surface area contributed by atoms with Gasteiger partial charge >= 0.3 is 0 Å². The molecule has 134 valence electrons. The van der Waals surface area contributed by atoms with Crippen LogP contribution in [0.4, 0.5) is 0 Å². The number of nitrogens with zero attached hydrogens (tertiary/aromatic N) is 3. The first-order valence-electron chi connectivity index (χ1n) is 8.42. The van der Waals surface area contributed by atoms with Gasteiger partial charge in [-0.1, -0.05) is 15.9 Å². The molecule has 0 bridgehead atoms. The number of piperazine rings is 1. The lowest BCUT2D eigenvalue weighted by Crippen LogP contribution is -2.46. The third kappa shape index (κ3) is 4.29. The molecule has 2 heterocycles. The number of carbonyl (C=O) groups excluding carboxylic acids is 2. The number of halogens is 1. The summed E-state index contributed by atoms with van der Waals surface area (Å²) in [5.74, 6) is -0.663. The molecule has 0 atom stereocenters. The van der Waals surface area contributed by atoms with Crippen LogP contribution in [0.15, 0.2) is 28.9 Å². The molecule has 0 aromatic heterocycles. The zero-order chi connectivity index (χ0) is 18.0. The van der Waals surface area contributed by atoms with Gasteiger partial charge in [-0.05, 0) is 32.3 Å². The Hall–Kier alpha value is -1.70. The van der Waals surface area contributed by atoms with E-state index < -0.39 is 0 Å². The topological polar surface area (TPSA) is 55.9 Å². The number of benzene rings is 1. The first kappa shape index (κ1) is 18.1. The molecule has 6 nitrogen and oxygen atoms in total. The standard InChI is InChI=1S/C18H23BrN4O2/c1-21(2)5-6-22-7-9-23(10-8-22)12-16-15-11-13(19)3-4-14(15)17(24)20-18(16)25/h3-4,11-12H,5-10H2,1-2H3,(H,20,24,25)/b16-12-. The molecule has 0 unspecified atom stereocenters. The highest BCUT2D eigenvalue weighted by Crippen LogP contribution is 2.27. The minimum absolute atomic E-state index is 0.328. The highest BCUT2D eigenvalue weighted by atomic mass is 79.9. The van der Waals surface area contributed by atoms with Gasteiger partial charge in [0, 0.05) is 61.1 Å². The second kappa shape index (κ2) is 7.68. The van der Waals surface area contributed by atoms with E-state index >= 15 is 0 Å². The Kier molecular flexibility index (Phi) is 5.56. The molecular formula is C18H23BrN4O2. The summed E-state index contributed by atoms with van der Waals surface area (Å²) >= 11 is 3.43. The van der Waals surface area contributed by atoms with Crippen LogP contribution < -0.4 is 5.32 Å². The summed E-state index contributed by atoms with van der Waals surface area (Å²) in [6.45, 7) is 5.81. The molecule has 1 N–H and O–H groups in total. The van der Waals surface area contributed by atoms with E-state index in [1.165, 1.54) is 0 Å². The minimum Gasteiger partial charge on any atom is -0.374 e. The summed E-state index contributed by atoms with van der Waals surface area (Å²) in [5.41, 5.74) is 1.79. The maximum absolute atomic E-state index is 12.3. The average molecular weight is 407 g/mol. The van der Waals surface area contributed by atoms with Gasteiger partial charge in [-0.2, -0.15) is 0 Å². The lowest BCUT2D eigenvalue weighted by molar-refractivity contribution is -0.114. The Labute approximate surface area is 156 Å². The van der Waals surface area contributed by atoms with Gasteiger partial charge in [0.15, 0.2) is 0 Å². The predicted molar refractivity (Wildman–Crippen MR) is 101 cm³/mol. The SMILES string of the molecule is CN(C)CCN1CCN(/C=C2\C(=O)NC(=O)c3ccc(Br)cc32)CC1. The molecule has 0 aliphatic carbocycles. The number of fused-ring (bicyclic) bond motifs is 1. The van der Waals surface area contributed by atoms with Crippen molar-refractivity contribution in [2.24, 2.45) is 0 Å². The van der Waals surface area contributed by atoms with Crippen molar-refractivity contribution in [2.45, 2.75) is 0 Å². The number of rotatable bonds is 4. The Morgan fingerprint density at radius 2 is 1.84 bits per heavy atom. The smallest absolute Gasteiger partial charge is 0.260 e. The third-order valence-corrected chi connectivity index (χ3v) is 5.06. The molecule has 1 saturated heterocycles. The van der Waals surface area contributed by atoms with E-state index in [2.05, 4.69) is 50.0 Å². The molecule has 1 fully saturated rings. The van der Waals surface area contributed by atoms with Crippen LogP contribution in [0, 0.1) is 0 Å². The fraction of sp³-hybridized carbons (Fsp3) is 0.444. The van der Waals surface area contributed by atoms with Gasteiger partial charge in [0.1, 0.15) is 0 Å². The van der Waals surface area contributed by atoms with Crippen LogP contribution in [-0.4, -0.2) is 79.9 Å². The Balaban J connectivity index is 1.74. The first-order valence-corrected chi connectivity index (χ1v) is 9.22. The van der Waals surface area contributed by atoms with E-state index in [1.807, 2.05) is 18.3 Å². The second-order valence-corrected chi connectivity index (χ2v) is 7.61. The molecule has 0 spiro atoms. The quantitative estimate of drug-likeness (QED) is 0.602. The van der Waals surface area contributed by atoms with Crippen LogP contribution >= 0.6 is 15.9 Å². The van der Waals surface area contributed by atoms with Gasteiger partial charge in [-0.3, -0.25) is 19.8 Å². The van der Waals surface area contributed by atoms with Crippen molar-refractivity contribution in [1.29, 1.82) is 0 Å². The molecule has 2 aliphatic heterocycles. The number of imide groups is 1. The summed E-state index contributed by atoms with van der Waals surface area (Å²) in [6, 6.07) is 5.40. The van der Waals surface area contributed by atoms with E-state index in [9.17, 15) is 9.59 Å². The largest absolute Gasteiger partial charge is 0.374 e. The molecule has 3 rings (SSSR count). The van der Waals surface area contributed by atoms with Gasteiger partial charge in [-0.25, -0.2) is 0 Å². The van der Waals surface area contributed by atoms with Crippen molar-refractivity contribution in [3.63, 3.8) is 0 Å². The van der Waals surface area contributed by atoms with E-state index in [-0.39, 0.29) is 11.8 Å². The lowest BCUT2D eigenvalue weighted by atomic mass is 9.95. The van der Waals surface area contributed by atoms with Crippen molar-refractivity contribution < 1.29 is 9.59 Å². The Morgan fingerprint density at radius 1 is 1.12 bits per heavy atom. The third-order valence-electron chi connectivity index (χ3n) is 4.57. The molecule has 1 aromatic carbocycles. The minimum atomic E-state index is -0.335. The van der Waals surface area contributed by atoms with Crippen LogP contribution in [0.1, 0.15) is 15.9 Å². The van der Waals surface area contributed by atoms with Crippen molar-refractivity contribution in [3.8, 4) is 0 Å². The second-order valence-electron chi connectivity index (χ2n) is 6.70. The maximum atomic E-state index is 12.3. The van der Waals surface area contributed by atoms with Crippen molar-refractivity contribution in [3.05, 3.63) is 40.0 Å². The summed E-state index contributed by atoms with van der Waals surface area (Å²) in [7, 11) is 4.17. The van der Waals surface area contributed by atoms with Crippen LogP contribution in [0.3, 0.4) is 0 Å². The Morgan fingerprint density at radius 3 is 2.52 bits per heavy atom. The molecule has 2 amide bonds. The van der Waals surface area contributed by atoms with Crippen LogP contribution in [0.5, 0.6) is 0 Å². The van der Waals surface area contributed by atoms with E-state index in [1.54, 1.807) is 6.07 Å². The number of nitrogens with one attached hydrogen (secondary N) is 1. The number of hydrogen-bond acceptors (Lipinski definition) is 5. The molecule has 2 aliphatic rings. The van der Waals surface area contributed by atoms with E-state index in [4.69, 9.17) is 0 Å².